The molecule has 334 valence electrons. The third kappa shape index (κ3) is 11.7. The van der Waals surface area contributed by atoms with Crippen LogP contribution in [-0.2, 0) is 25.5 Å². The highest BCUT2D eigenvalue weighted by atomic mass is 16.6. The normalized spacial score (nSPS) is 22.0. The van der Waals surface area contributed by atoms with Crippen LogP contribution in [0, 0.1) is 17.8 Å². The van der Waals surface area contributed by atoms with Crippen molar-refractivity contribution in [2.75, 3.05) is 13.1 Å². The summed E-state index contributed by atoms with van der Waals surface area (Å²) >= 11 is 0. The molecule has 4 amide bonds. The second kappa shape index (κ2) is 19.0. The van der Waals surface area contributed by atoms with E-state index in [9.17, 15) is 19.2 Å². The van der Waals surface area contributed by atoms with Crippen LogP contribution in [-0.4, -0.2) is 90.1 Å². The topological polar surface area (TPSA) is 175 Å². The van der Waals surface area contributed by atoms with Gasteiger partial charge in [0.1, 0.15) is 34.9 Å². The Morgan fingerprint density at radius 1 is 0.689 bits per heavy atom. The van der Waals surface area contributed by atoms with Gasteiger partial charge in [0, 0.05) is 25.0 Å². The van der Waals surface area contributed by atoms with E-state index in [1.807, 2.05) is 70.7 Å². The average Bonchev–Trinajstić information content (AvgIpc) is 4.02. The monoisotopic (exact) mass is 843 g/mol. The van der Waals surface area contributed by atoms with Gasteiger partial charge in [-0.2, -0.15) is 0 Å². The van der Waals surface area contributed by atoms with Crippen LogP contribution in [0.25, 0.3) is 11.3 Å². The number of imidazole rings is 2. The summed E-state index contributed by atoms with van der Waals surface area (Å²) in [7, 11) is 0. The number of ether oxygens (including phenoxy) is 2. The summed E-state index contributed by atoms with van der Waals surface area (Å²) in [4.78, 5) is 73.1. The van der Waals surface area contributed by atoms with Gasteiger partial charge in [-0.1, -0.05) is 52.0 Å². The van der Waals surface area contributed by atoms with Gasteiger partial charge in [0.2, 0.25) is 11.8 Å². The maximum absolute atomic E-state index is 13.8. The molecule has 4 heterocycles. The molecular weight excluding hydrogens is 773 g/mol. The fraction of sp³-hybridized carbons (Fsp3) is 0.660. The summed E-state index contributed by atoms with van der Waals surface area (Å²) < 4.78 is 10.9. The number of amides is 4. The molecule has 0 radical (unpaired) electrons. The van der Waals surface area contributed by atoms with Crippen molar-refractivity contribution in [3.8, 4) is 11.3 Å². The molecule has 0 spiro atoms. The van der Waals surface area contributed by atoms with Gasteiger partial charge in [0.25, 0.3) is 0 Å². The summed E-state index contributed by atoms with van der Waals surface area (Å²) in [5.74, 6) is 2.21. The van der Waals surface area contributed by atoms with E-state index in [0.29, 0.717) is 24.9 Å². The fourth-order valence-corrected chi connectivity index (χ4v) is 9.13. The molecule has 2 aromatic heterocycles. The lowest BCUT2D eigenvalue weighted by Crippen LogP contribution is -2.52. The molecule has 1 unspecified atom stereocenters. The van der Waals surface area contributed by atoms with Crippen LogP contribution in [0.3, 0.4) is 0 Å². The van der Waals surface area contributed by atoms with Gasteiger partial charge in [-0.05, 0) is 134 Å². The summed E-state index contributed by atoms with van der Waals surface area (Å²) in [6, 6.07) is 7.10. The first-order valence-corrected chi connectivity index (χ1v) is 22.5. The lowest BCUT2D eigenvalue weighted by Gasteiger charge is -2.31. The van der Waals surface area contributed by atoms with Crippen molar-refractivity contribution in [3.05, 3.63) is 59.6 Å². The lowest BCUT2D eigenvalue weighted by atomic mass is 9.77. The highest BCUT2D eigenvalue weighted by molar-refractivity contribution is 5.87. The number of rotatable bonds is 12. The van der Waals surface area contributed by atoms with Crippen molar-refractivity contribution < 1.29 is 28.7 Å². The second-order valence-electron chi connectivity index (χ2n) is 20.1. The molecule has 0 bridgehead atoms. The van der Waals surface area contributed by atoms with Gasteiger partial charge in [-0.15, -0.1) is 0 Å². The maximum Gasteiger partial charge on any atom is 0.408 e. The van der Waals surface area contributed by atoms with Gasteiger partial charge < -0.3 is 39.9 Å². The molecular formula is C47H70N8O6. The predicted octanol–water partition coefficient (Wildman–Crippen LogP) is 8.74. The molecule has 61 heavy (non-hydrogen) atoms. The molecule has 3 aliphatic rings. The number of carbonyl (C=O) groups is 4. The molecule has 14 nitrogen and oxygen atoms in total. The quantitative estimate of drug-likeness (QED) is 0.140. The van der Waals surface area contributed by atoms with Crippen LogP contribution in [0.1, 0.15) is 162 Å². The van der Waals surface area contributed by atoms with Gasteiger partial charge >= 0.3 is 12.2 Å². The Hall–Kier alpha value is -4.88. The van der Waals surface area contributed by atoms with Crippen LogP contribution in [0.5, 0.6) is 0 Å². The first-order valence-electron chi connectivity index (χ1n) is 22.5. The number of hydrogen-bond donors (Lipinski definition) is 4. The van der Waals surface area contributed by atoms with Crippen LogP contribution in [0.4, 0.5) is 9.59 Å². The number of alkyl carbamates (subject to hydrolysis) is 2. The number of benzene rings is 1. The summed E-state index contributed by atoms with van der Waals surface area (Å²) in [6.45, 7) is 19.8. The number of carbonyl (C=O) groups excluding carboxylic acids is 4. The van der Waals surface area contributed by atoms with Crippen molar-refractivity contribution in [1.29, 1.82) is 0 Å². The Balaban J connectivity index is 1.00. The average molecular weight is 843 g/mol. The van der Waals surface area contributed by atoms with Crippen LogP contribution in [0.2, 0.25) is 0 Å². The fourth-order valence-electron chi connectivity index (χ4n) is 9.13. The van der Waals surface area contributed by atoms with Gasteiger partial charge in [-0.3, -0.25) is 9.59 Å². The summed E-state index contributed by atoms with van der Waals surface area (Å²) in [5, 5.41) is 5.64. The summed E-state index contributed by atoms with van der Waals surface area (Å²) in [5.41, 5.74) is 3.12. The number of aromatic amines is 2. The molecule has 14 heteroatoms. The zero-order valence-electron chi connectivity index (χ0n) is 38.1. The van der Waals surface area contributed by atoms with Crippen molar-refractivity contribution in [2.24, 2.45) is 17.8 Å². The Labute approximate surface area is 362 Å². The Morgan fingerprint density at radius 2 is 1.16 bits per heavy atom. The molecule has 1 aliphatic carbocycles. The van der Waals surface area contributed by atoms with Crippen molar-refractivity contribution in [3.63, 3.8) is 0 Å². The number of hydrogen-bond acceptors (Lipinski definition) is 8. The number of nitrogens with zero attached hydrogens (tertiary/aromatic N) is 4. The Bertz CT molecular complexity index is 1970. The third-order valence-electron chi connectivity index (χ3n) is 12.2. The number of likely N-dealkylation sites (tertiary alicyclic amines) is 2. The molecule has 6 rings (SSSR count). The minimum atomic E-state index is -0.696. The van der Waals surface area contributed by atoms with Gasteiger partial charge in [-0.25, -0.2) is 19.6 Å². The summed E-state index contributed by atoms with van der Waals surface area (Å²) in [6.07, 6.45) is 11.4. The number of aromatic nitrogens is 4. The first-order chi connectivity index (χ1) is 28.8. The number of H-pyrrole nitrogens is 2. The molecule has 1 saturated carbocycles. The third-order valence-corrected chi connectivity index (χ3v) is 12.2. The van der Waals surface area contributed by atoms with E-state index in [1.54, 1.807) is 20.8 Å². The van der Waals surface area contributed by atoms with Gasteiger partial charge in [0.15, 0.2) is 0 Å². The van der Waals surface area contributed by atoms with E-state index in [0.717, 1.165) is 86.4 Å². The Kier molecular flexibility index (Phi) is 14.2. The molecule has 2 saturated heterocycles. The molecule has 4 atom stereocenters. The zero-order valence-corrected chi connectivity index (χ0v) is 38.1. The molecule has 3 aromatic rings. The van der Waals surface area contributed by atoms with E-state index in [2.05, 4.69) is 44.9 Å². The largest absolute Gasteiger partial charge is 0.444 e. The van der Waals surface area contributed by atoms with Crippen LogP contribution in [0.15, 0.2) is 36.7 Å². The smallest absolute Gasteiger partial charge is 0.408 e. The Morgan fingerprint density at radius 3 is 1.64 bits per heavy atom. The minimum Gasteiger partial charge on any atom is -0.444 e. The predicted molar refractivity (Wildman–Crippen MR) is 234 cm³/mol. The first kappa shape index (κ1) is 45.6. The van der Waals surface area contributed by atoms with Crippen molar-refractivity contribution >= 4 is 24.0 Å². The van der Waals surface area contributed by atoms with Crippen molar-refractivity contribution in [2.45, 2.75) is 168 Å². The molecule has 2 aliphatic heterocycles. The second-order valence-corrected chi connectivity index (χ2v) is 20.1. The highest BCUT2D eigenvalue weighted by Crippen LogP contribution is 2.39. The van der Waals surface area contributed by atoms with E-state index in [1.165, 1.54) is 5.56 Å². The van der Waals surface area contributed by atoms with Crippen LogP contribution >= 0.6 is 0 Å². The van der Waals surface area contributed by atoms with Crippen LogP contribution < -0.4 is 10.6 Å². The molecule has 3 fully saturated rings. The SMILES string of the molecule is CC(C)[C@@H](NC(=O)OC(C)(C)C)C(=O)N1CCCC1c1ncc(CC2CCC(c3ccc(-c4cnc([C@@H]5CCCN5C(=O)[C@H](NC(=O)OC(C)(C)C)C(C)C)[nH]4)cc3)CC2)[nH]1. The van der Waals surface area contributed by atoms with Gasteiger partial charge in [0.05, 0.1) is 24.0 Å². The zero-order chi connectivity index (χ0) is 44.2. The standard InChI is InChI=1S/C47H70N8O6/c1-28(2)38(52-44(58)60-46(5,6)7)42(56)54-23-11-13-36(54)40-48-26-34(50-40)25-30-15-17-31(18-16-30)32-19-21-33(22-20-32)35-27-49-41(51-35)37-14-12-24-55(37)43(57)39(29(3)4)53-45(59)61-47(8,9)10/h19-22,26-31,36-39H,11-18,23-25H2,1-10H3,(H,48,50)(H,49,51)(H,52,58)(H,53,59)/t30?,31?,36?,37-,38+,39+/m0/s1. The maximum atomic E-state index is 13.8. The lowest BCUT2D eigenvalue weighted by molar-refractivity contribution is -0.136. The van der Waals surface area contributed by atoms with E-state index in [-0.39, 0.29) is 35.7 Å². The van der Waals surface area contributed by atoms with E-state index < -0.39 is 35.5 Å². The molecule has 1 aromatic carbocycles. The highest BCUT2D eigenvalue weighted by Gasteiger charge is 2.40. The number of nitrogens with one attached hydrogen (secondary N) is 4. The molecule has 4 N–H and O–H groups in total. The van der Waals surface area contributed by atoms with E-state index in [4.69, 9.17) is 19.4 Å². The van der Waals surface area contributed by atoms with Crippen molar-refractivity contribution in [1.82, 2.24) is 40.4 Å². The minimum absolute atomic E-state index is 0.0962. The van der Waals surface area contributed by atoms with E-state index >= 15 is 0 Å².